The molecule has 0 atom stereocenters. The second-order valence-electron chi connectivity index (χ2n) is 4.87. The molecule has 0 saturated carbocycles. The molecule has 78 valence electrons. The van der Waals surface area contributed by atoms with E-state index in [0.29, 0.717) is 0 Å². The Labute approximate surface area is 91.6 Å². The molecule has 1 aromatic rings. The van der Waals surface area contributed by atoms with E-state index in [4.69, 9.17) is 0 Å². The Morgan fingerprint density at radius 2 is 1.00 bits per heavy atom. The fourth-order valence-electron chi connectivity index (χ4n) is 1.86. The van der Waals surface area contributed by atoms with Gasteiger partial charge in [-0.1, -0.05) is 48.7 Å². The molecule has 0 aliphatic carbocycles. The van der Waals surface area contributed by atoms with Crippen LogP contribution in [0.25, 0.3) is 0 Å². The Morgan fingerprint density at radius 1 is 0.714 bits per heavy atom. The molecular weight excluding hydrogens is 200 g/mol. The summed E-state index contributed by atoms with van der Waals surface area (Å²) in [6, 6.07) is 4.91. The molecule has 0 N–H and O–H groups in total. The summed E-state index contributed by atoms with van der Waals surface area (Å²) in [5, 5.41) is 3.43. The molecule has 0 nitrogen and oxygen atoms in total. The molecule has 0 fully saturated rings. The van der Waals surface area contributed by atoms with Crippen molar-refractivity contribution in [3.8, 4) is 0 Å². The Kier molecular flexibility index (Phi) is 3.73. The van der Waals surface area contributed by atoms with Crippen molar-refractivity contribution in [1.82, 2.24) is 0 Å². The van der Waals surface area contributed by atoms with E-state index >= 15 is 0 Å². The van der Waals surface area contributed by atoms with E-state index in [9.17, 15) is 0 Å². The van der Waals surface area contributed by atoms with Gasteiger partial charge in [-0.25, -0.2) is 0 Å². The predicted molar refractivity (Wildman–Crippen MR) is 72.9 cm³/mol. The highest BCUT2D eigenvalue weighted by molar-refractivity contribution is 6.82. The van der Waals surface area contributed by atoms with Crippen molar-refractivity contribution in [3.63, 3.8) is 0 Å². The highest BCUT2D eigenvalue weighted by Gasteiger charge is 2.12. The lowest BCUT2D eigenvalue weighted by Crippen LogP contribution is -2.44. The maximum Gasteiger partial charge on any atom is 0.0645 e. The molecule has 14 heavy (non-hydrogen) atoms. The number of rotatable bonds is 2. The number of hydrogen-bond donors (Lipinski definition) is 0. The van der Waals surface area contributed by atoms with E-state index in [1.807, 2.05) is 0 Å². The van der Waals surface area contributed by atoms with E-state index in [1.165, 1.54) is 11.1 Å². The number of aryl methyl sites for hydroxylation is 2. The normalized spacial score (nSPS) is 11.4. The molecule has 2 heteroatoms. The molecule has 0 aliphatic heterocycles. The summed E-state index contributed by atoms with van der Waals surface area (Å²) in [4.78, 5) is 0. The summed E-state index contributed by atoms with van der Waals surface area (Å²) in [6.07, 6.45) is 0. The van der Waals surface area contributed by atoms with Crippen LogP contribution in [0.3, 0.4) is 0 Å². The van der Waals surface area contributed by atoms with E-state index in [2.05, 4.69) is 52.2 Å². The lowest BCUT2D eigenvalue weighted by molar-refractivity contribution is 1.36. The van der Waals surface area contributed by atoms with E-state index in [-0.39, 0.29) is 0 Å². The van der Waals surface area contributed by atoms with Crippen molar-refractivity contribution in [3.05, 3.63) is 23.3 Å². The maximum atomic E-state index is 2.45. The van der Waals surface area contributed by atoms with Crippen LogP contribution in [0.5, 0.6) is 0 Å². The summed E-state index contributed by atoms with van der Waals surface area (Å²) in [5.41, 5.74) is 2.94. The molecule has 1 aromatic carbocycles. The van der Waals surface area contributed by atoms with Gasteiger partial charge in [0.25, 0.3) is 0 Å². The molecular formula is C12H22Si2. The summed E-state index contributed by atoms with van der Waals surface area (Å²) in [7, 11) is -1.28. The fourth-order valence-corrected chi connectivity index (χ4v) is 6.53. The van der Waals surface area contributed by atoms with Gasteiger partial charge < -0.3 is 0 Å². The third kappa shape index (κ3) is 2.36. The van der Waals surface area contributed by atoms with Crippen molar-refractivity contribution in [1.29, 1.82) is 0 Å². The molecule has 0 spiro atoms. The Hall–Kier alpha value is -0.346. The summed E-state index contributed by atoms with van der Waals surface area (Å²) in [5.74, 6) is 0. The van der Waals surface area contributed by atoms with Gasteiger partial charge in [0.05, 0.1) is 17.6 Å². The average Bonchev–Trinajstić information content (AvgIpc) is 2.08. The van der Waals surface area contributed by atoms with Crippen LogP contribution in [0.2, 0.25) is 26.2 Å². The molecule has 0 amide bonds. The highest BCUT2D eigenvalue weighted by atomic mass is 28.3. The summed E-state index contributed by atoms with van der Waals surface area (Å²) < 4.78 is 0. The Bertz CT molecular complexity index is 294. The molecule has 0 radical (unpaired) electrons. The van der Waals surface area contributed by atoms with E-state index in [0.717, 1.165) is 0 Å². The second kappa shape index (κ2) is 4.45. The van der Waals surface area contributed by atoms with E-state index in [1.54, 1.807) is 10.4 Å². The number of hydrogen-bond acceptors (Lipinski definition) is 0. The average molecular weight is 222 g/mol. The third-order valence-corrected chi connectivity index (χ3v) is 6.76. The van der Waals surface area contributed by atoms with Gasteiger partial charge in [-0.2, -0.15) is 0 Å². The first-order valence-corrected chi connectivity index (χ1v) is 11.3. The first-order chi connectivity index (χ1) is 6.43. The quantitative estimate of drug-likeness (QED) is 0.668. The van der Waals surface area contributed by atoms with Crippen molar-refractivity contribution < 1.29 is 0 Å². The third-order valence-electron chi connectivity index (χ3n) is 2.94. The van der Waals surface area contributed by atoms with Crippen LogP contribution in [-0.2, 0) is 0 Å². The second-order valence-corrected chi connectivity index (χ2v) is 10.7. The molecule has 1 rings (SSSR count). The molecule has 0 heterocycles. The minimum Gasteiger partial charge on any atom is -0.0682 e. The maximum absolute atomic E-state index is 2.45. The van der Waals surface area contributed by atoms with Gasteiger partial charge in [-0.15, -0.1) is 0 Å². The van der Waals surface area contributed by atoms with Crippen molar-refractivity contribution in [2.45, 2.75) is 40.0 Å². The first-order valence-electron chi connectivity index (χ1n) is 5.54. The van der Waals surface area contributed by atoms with Crippen LogP contribution in [0.1, 0.15) is 11.1 Å². The van der Waals surface area contributed by atoms with Gasteiger partial charge in [0.2, 0.25) is 0 Å². The zero-order valence-corrected chi connectivity index (χ0v) is 12.6. The zero-order valence-electron chi connectivity index (χ0n) is 10.3. The van der Waals surface area contributed by atoms with Crippen molar-refractivity contribution in [2.75, 3.05) is 0 Å². The SMILES string of the molecule is Cc1cc([SiH](C)C)c([SiH](C)C)cc1C. The van der Waals surface area contributed by atoms with Crippen molar-refractivity contribution in [2.24, 2.45) is 0 Å². The van der Waals surface area contributed by atoms with Gasteiger partial charge in [0.15, 0.2) is 0 Å². The van der Waals surface area contributed by atoms with Crippen LogP contribution in [-0.4, -0.2) is 17.6 Å². The van der Waals surface area contributed by atoms with E-state index < -0.39 is 17.6 Å². The topological polar surface area (TPSA) is 0 Å². The highest BCUT2D eigenvalue weighted by Crippen LogP contribution is 2.03. The molecule has 0 saturated heterocycles. The van der Waals surface area contributed by atoms with Gasteiger partial charge in [-0.05, 0) is 25.0 Å². The first kappa shape index (κ1) is 11.7. The standard InChI is InChI=1S/C12H22Si2/c1-9-7-11(13(3)4)12(14(5)6)8-10(9)2/h7-8,13-14H,1-6H3. The monoisotopic (exact) mass is 222 g/mol. The van der Waals surface area contributed by atoms with Crippen molar-refractivity contribution >= 4 is 28.0 Å². The number of benzene rings is 1. The van der Waals surface area contributed by atoms with Crippen LogP contribution < -0.4 is 10.4 Å². The minimum atomic E-state index is -0.638. The molecule has 0 bridgehead atoms. The molecule has 0 aliphatic rings. The summed E-state index contributed by atoms with van der Waals surface area (Å²) in [6.45, 7) is 14.2. The lowest BCUT2D eigenvalue weighted by atomic mass is 10.1. The minimum absolute atomic E-state index is 0.638. The van der Waals surface area contributed by atoms with Crippen LogP contribution in [0.4, 0.5) is 0 Å². The van der Waals surface area contributed by atoms with Crippen LogP contribution >= 0.6 is 0 Å². The Morgan fingerprint density at radius 3 is 1.21 bits per heavy atom. The largest absolute Gasteiger partial charge is 0.0682 e. The smallest absolute Gasteiger partial charge is 0.0645 e. The van der Waals surface area contributed by atoms with Gasteiger partial charge in [0.1, 0.15) is 0 Å². The van der Waals surface area contributed by atoms with Gasteiger partial charge >= 0.3 is 0 Å². The lowest BCUT2D eigenvalue weighted by Gasteiger charge is -2.17. The van der Waals surface area contributed by atoms with Gasteiger partial charge in [-0.3, -0.25) is 0 Å². The zero-order chi connectivity index (χ0) is 10.9. The predicted octanol–water partition coefficient (Wildman–Crippen LogP) is 1.69. The summed E-state index contributed by atoms with van der Waals surface area (Å²) >= 11 is 0. The van der Waals surface area contributed by atoms with Gasteiger partial charge in [0, 0.05) is 0 Å². The molecule has 0 aromatic heterocycles. The van der Waals surface area contributed by atoms with Crippen LogP contribution in [0, 0.1) is 13.8 Å². The Balaban J connectivity index is 3.31. The molecule has 0 unspecified atom stereocenters. The van der Waals surface area contributed by atoms with Crippen LogP contribution in [0.15, 0.2) is 12.1 Å². The fraction of sp³-hybridized carbons (Fsp3) is 0.500.